The smallest absolute Gasteiger partial charge is 0.122 e. The van der Waals surface area contributed by atoms with E-state index in [1.165, 1.54) is 6.07 Å². The molecular weight excluding hydrogens is 228 g/mol. The molecule has 1 aromatic carbocycles. The van der Waals surface area contributed by atoms with Crippen molar-refractivity contribution in [3.05, 3.63) is 53.3 Å². The summed E-state index contributed by atoms with van der Waals surface area (Å²) in [4.78, 5) is 0. The van der Waals surface area contributed by atoms with Crippen molar-refractivity contribution in [3.8, 4) is 5.75 Å². The largest absolute Gasteiger partial charge is 0.512 e. The molecule has 0 aliphatic heterocycles. The van der Waals surface area contributed by atoms with E-state index in [1.807, 2.05) is 13.8 Å². The van der Waals surface area contributed by atoms with Crippen LogP contribution in [0.2, 0.25) is 0 Å². The van der Waals surface area contributed by atoms with Gasteiger partial charge in [0.05, 0.1) is 5.76 Å². The first-order chi connectivity index (χ1) is 8.44. The number of aromatic hydroxyl groups is 1. The van der Waals surface area contributed by atoms with Gasteiger partial charge in [0.1, 0.15) is 11.4 Å². The monoisotopic (exact) mass is 246 g/mol. The third-order valence-corrected chi connectivity index (χ3v) is 3.30. The number of hydrogen-bond acceptors (Lipinski definition) is 3. The van der Waals surface area contributed by atoms with Gasteiger partial charge in [-0.3, -0.25) is 0 Å². The van der Waals surface area contributed by atoms with Crippen molar-refractivity contribution in [1.29, 1.82) is 0 Å². The second kappa shape index (κ2) is 4.50. The van der Waals surface area contributed by atoms with Crippen LogP contribution >= 0.6 is 0 Å². The van der Waals surface area contributed by atoms with Crippen LogP contribution in [0.15, 0.2) is 47.7 Å². The van der Waals surface area contributed by atoms with E-state index in [0.29, 0.717) is 5.56 Å². The summed E-state index contributed by atoms with van der Waals surface area (Å²) in [5, 5.41) is 30.4. The summed E-state index contributed by atoms with van der Waals surface area (Å²) in [7, 11) is 0. The van der Waals surface area contributed by atoms with Crippen molar-refractivity contribution in [3.63, 3.8) is 0 Å². The molecule has 0 bridgehead atoms. The van der Waals surface area contributed by atoms with E-state index in [0.717, 1.165) is 5.57 Å². The van der Waals surface area contributed by atoms with Crippen LogP contribution in [-0.2, 0) is 5.60 Å². The highest BCUT2D eigenvalue weighted by Crippen LogP contribution is 2.39. The zero-order chi connectivity index (χ0) is 13.3. The third-order valence-electron chi connectivity index (χ3n) is 3.30. The lowest BCUT2D eigenvalue weighted by molar-refractivity contribution is 0.0711. The molecule has 96 valence electrons. The Morgan fingerprint density at radius 3 is 2.39 bits per heavy atom. The molecule has 0 fully saturated rings. The Balaban J connectivity index is 2.39. The SMILES string of the molecule is CC(C)C1=C(O)CC(O)(c2ccccc2O)C=C1. The van der Waals surface area contributed by atoms with Crippen molar-refractivity contribution in [1.82, 2.24) is 0 Å². The molecule has 0 saturated carbocycles. The molecule has 1 atom stereocenters. The topological polar surface area (TPSA) is 60.7 Å². The minimum Gasteiger partial charge on any atom is -0.512 e. The maximum atomic E-state index is 10.6. The van der Waals surface area contributed by atoms with Crippen molar-refractivity contribution in [2.24, 2.45) is 5.92 Å². The quantitative estimate of drug-likeness (QED) is 0.751. The van der Waals surface area contributed by atoms with Crippen LogP contribution in [0.5, 0.6) is 5.75 Å². The fourth-order valence-electron chi connectivity index (χ4n) is 2.29. The third kappa shape index (κ3) is 2.14. The summed E-state index contributed by atoms with van der Waals surface area (Å²) >= 11 is 0. The molecule has 0 amide bonds. The Labute approximate surface area is 107 Å². The molecule has 0 aromatic heterocycles. The van der Waals surface area contributed by atoms with E-state index in [2.05, 4.69) is 0 Å². The van der Waals surface area contributed by atoms with Crippen LogP contribution in [0.4, 0.5) is 0 Å². The molecule has 0 heterocycles. The van der Waals surface area contributed by atoms with Gasteiger partial charge in [0.25, 0.3) is 0 Å². The lowest BCUT2D eigenvalue weighted by Gasteiger charge is -2.30. The molecule has 1 aliphatic rings. The average molecular weight is 246 g/mol. The summed E-state index contributed by atoms with van der Waals surface area (Å²) in [6.07, 6.45) is 3.46. The molecule has 1 aliphatic carbocycles. The minimum absolute atomic E-state index is 0.0328. The summed E-state index contributed by atoms with van der Waals surface area (Å²) < 4.78 is 0. The maximum absolute atomic E-state index is 10.6. The number of aliphatic hydroxyl groups is 2. The van der Waals surface area contributed by atoms with Crippen molar-refractivity contribution < 1.29 is 15.3 Å². The average Bonchev–Trinajstić information content (AvgIpc) is 2.28. The van der Waals surface area contributed by atoms with Gasteiger partial charge in [-0.25, -0.2) is 0 Å². The van der Waals surface area contributed by atoms with Gasteiger partial charge in [-0.2, -0.15) is 0 Å². The van der Waals surface area contributed by atoms with Crippen molar-refractivity contribution in [2.75, 3.05) is 0 Å². The van der Waals surface area contributed by atoms with Crippen LogP contribution in [0, 0.1) is 5.92 Å². The van der Waals surface area contributed by atoms with E-state index in [4.69, 9.17) is 0 Å². The Morgan fingerprint density at radius 2 is 1.83 bits per heavy atom. The summed E-state index contributed by atoms with van der Waals surface area (Å²) in [6.45, 7) is 3.97. The molecule has 3 nitrogen and oxygen atoms in total. The molecule has 1 unspecified atom stereocenters. The number of para-hydroxylation sites is 1. The van der Waals surface area contributed by atoms with Gasteiger partial charge < -0.3 is 15.3 Å². The summed E-state index contributed by atoms with van der Waals surface area (Å²) in [5.74, 6) is 0.416. The molecule has 0 radical (unpaired) electrons. The zero-order valence-electron chi connectivity index (χ0n) is 10.6. The van der Waals surface area contributed by atoms with Crippen LogP contribution in [0.25, 0.3) is 0 Å². The van der Waals surface area contributed by atoms with Crippen LogP contribution in [-0.4, -0.2) is 15.3 Å². The number of phenolic OH excluding ortho intramolecular Hbond substituents is 1. The van der Waals surface area contributed by atoms with E-state index < -0.39 is 5.60 Å². The predicted octanol–water partition coefficient (Wildman–Crippen LogP) is 3.01. The predicted molar refractivity (Wildman–Crippen MR) is 70.3 cm³/mol. The highest BCUT2D eigenvalue weighted by molar-refractivity contribution is 5.44. The molecule has 1 aromatic rings. The van der Waals surface area contributed by atoms with E-state index in [9.17, 15) is 15.3 Å². The Bertz CT molecular complexity index is 514. The second-order valence-corrected chi connectivity index (χ2v) is 5.01. The number of rotatable bonds is 2. The fraction of sp³-hybridized carbons (Fsp3) is 0.333. The molecule has 18 heavy (non-hydrogen) atoms. The molecule has 0 spiro atoms. The minimum atomic E-state index is -1.34. The Hall–Kier alpha value is -1.74. The number of allylic oxidation sites excluding steroid dienone is 2. The first kappa shape index (κ1) is 12.7. The van der Waals surface area contributed by atoms with Crippen LogP contribution < -0.4 is 0 Å². The van der Waals surface area contributed by atoms with Gasteiger partial charge in [-0.1, -0.05) is 38.1 Å². The van der Waals surface area contributed by atoms with Crippen LogP contribution in [0.1, 0.15) is 25.8 Å². The van der Waals surface area contributed by atoms with Gasteiger partial charge in [0.15, 0.2) is 0 Å². The molecule has 3 heteroatoms. The zero-order valence-corrected chi connectivity index (χ0v) is 10.6. The number of aliphatic hydroxyl groups excluding tert-OH is 1. The van der Waals surface area contributed by atoms with E-state index in [-0.39, 0.29) is 23.8 Å². The number of phenols is 1. The Kier molecular flexibility index (Phi) is 3.18. The second-order valence-electron chi connectivity index (χ2n) is 5.01. The lowest BCUT2D eigenvalue weighted by Crippen LogP contribution is -2.27. The molecule has 0 saturated heterocycles. The van der Waals surface area contributed by atoms with Gasteiger partial charge in [-0.05, 0) is 23.6 Å². The summed E-state index contributed by atoms with van der Waals surface area (Å²) in [6, 6.07) is 6.64. The number of benzene rings is 1. The van der Waals surface area contributed by atoms with Crippen LogP contribution in [0.3, 0.4) is 0 Å². The van der Waals surface area contributed by atoms with Crippen molar-refractivity contribution >= 4 is 0 Å². The molecular formula is C15H18O3. The molecule has 3 N–H and O–H groups in total. The first-order valence-electron chi connectivity index (χ1n) is 6.06. The summed E-state index contributed by atoms with van der Waals surface area (Å²) in [5.41, 5.74) is -0.0981. The Morgan fingerprint density at radius 1 is 1.17 bits per heavy atom. The highest BCUT2D eigenvalue weighted by atomic mass is 16.3. The molecule has 2 rings (SSSR count). The standard InChI is InChI=1S/C15H18O3/c1-10(2)11-7-8-15(18,9-14(11)17)12-5-3-4-6-13(12)16/h3-8,10,16-18H,9H2,1-2H3. The fourth-order valence-corrected chi connectivity index (χ4v) is 2.29. The van der Waals surface area contributed by atoms with E-state index >= 15 is 0 Å². The van der Waals surface area contributed by atoms with Gasteiger partial charge >= 0.3 is 0 Å². The highest BCUT2D eigenvalue weighted by Gasteiger charge is 2.33. The van der Waals surface area contributed by atoms with E-state index in [1.54, 1.807) is 30.4 Å². The first-order valence-corrected chi connectivity index (χ1v) is 6.06. The lowest BCUT2D eigenvalue weighted by atomic mass is 9.82. The van der Waals surface area contributed by atoms with Gasteiger partial charge in [0.2, 0.25) is 0 Å². The number of hydrogen-bond donors (Lipinski definition) is 3. The van der Waals surface area contributed by atoms with Crippen molar-refractivity contribution in [2.45, 2.75) is 25.9 Å². The normalized spacial score (nSPS) is 23.8. The van der Waals surface area contributed by atoms with Gasteiger partial charge in [-0.15, -0.1) is 0 Å². The van der Waals surface area contributed by atoms with Gasteiger partial charge in [0, 0.05) is 12.0 Å². The maximum Gasteiger partial charge on any atom is 0.122 e.